The molecule has 1 aliphatic heterocycles. The number of benzene rings is 1. The highest BCUT2D eigenvalue weighted by Gasteiger charge is 2.28. The quantitative estimate of drug-likeness (QED) is 0.411. The minimum atomic E-state index is 0.219. The van der Waals surface area contributed by atoms with Gasteiger partial charge in [-0.2, -0.15) is 4.99 Å². The summed E-state index contributed by atoms with van der Waals surface area (Å²) in [6.07, 6.45) is 12.0. The Morgan fingerprint density at radius 2 is 1.65 bits per heavy atom. The molecule has 7 heteroatoms. The molecule has 2 aliphatic rings. The van der Waals surface area contributed by atoms with Crippen LogP contribution in [0.3, 0.4) is 0 Å². The van der Waals surface area contributed by atoms with Crippen molar-refractivity contribution in [3.05, 3.63) is 24.3 Å². The second kappa shape index (κ2) is 12.1. The second-order valence-corrected chi connectivity index (χ2v) is 8.34. The maximum atomic E-state index is 5.94. The molecule has 1 aromatic heterocycles. The number of fused-ring (bicyclic) bond motifs is 1. The van der Waals surface area contributed by atoms with Crippen LogP contribution in [0.25, 0.3) is 11.0 Å². The zero-order chi connectivity index (χ0) is 22.1. The SMILES string of the molecule is CC.CON/C(N)=N/c1nc2ccccc2n1C1CCN(C2CCCCCCC2)CC1. The first-order valence-electron chi connectivity index (χ1n) is 12.1. The molecule has 0 bridgehead atoms. The maximum absolute atomic E-state index is 5.94. The number of hydroxylamine groups is 1. The second-order valence-electron chi connectivity index (χ2n) is 8.34. The van der Waals surface area contributed by atoms with Gasteiger partial charge in [0.15, 0.2) is 0 Å². The average Bonchev–Trinajstić information content (AvgIpc) is 3.13. The minimum Gasteiger partial charge on any atom is -0.368 e. The van der Waals surface area contributed by atoms with Crippen LogP contribution in [0, 0.1) is 0 Å². The van der Waals surface area contributed by atoms with Gasteiger partial charge < -0.3 is 15.2 Å². The van der Waals surface area contributed by atoms with Crippen LogP contribution in [-0.2, 0) is 4.84 Å². The van der Waals surface area contributed by atoms with Crippen molar-refractivity contribution in [1.29, 1.82) is 0 Å². The van der Waals surface area contributed by atoms with Crippen molar-refractivity contribution in [2.75, 3.05) is 20.2 Å². The zero-order valence-electron chi connectivity index (χ0n) is 19.5. The molecule has 0 radical (unpaired) electrons. The van der Waals surface area contributed by atoms with Gasteiger partial charge in [-0.25, -0.2) is 10.5 Å². The molecular weight excluding hydrogens is 388 g/mol. The molecule has 0 unspecified atom stereocenters. The van der Waals surface area contributed by atoms with Gasteiger partial charge in [0.05, 0.1) is 18.1 Å². The molecule has 0 amide bonds. The number of hydrogen-bond donors (Lipinski definition) is 2. The lowest BCUT2D eigenvalue weighted by molar-refractivity contribution is 0.117. The van der Waals surface area contributed by atoms with Crippen LogP contribution >= 0.6 is 0 Å². The Morgan fingerprint density at radius 3 is 2.32 bits per heavy atom. The van der Waals surface area contributed by atoms with E-state index in [1.54, 1.807) is 0 Å². The van der Waals surface area contributed by atoms with Gasteiger partial charge in [-0.15, -0.1) is 0 Å². The molecule has 2 heterocycles. The number of nitrogens with one attached hydrogen (secondary N) is 1. The van der Waals surface area contributed by atoms with E-state index in [0.29, 0.717) is 12.0 Å². The molecule has 0 spiro atoms. The summed E-state index contributed by atoms with van der Waals surface area (Å²) in [6.45, 7) is 6.30. The van der Waals surface area contributed by atoms with E-state index >= 15 is 0 Å². The number of nitrogens with zero attached hydrogens (tertiary/aromatic N) is 4. The number of imidazole rings is 1. The summed E-state index contributed by atoms with van der Waals surface area (Å²) in [5.74, 6) is 0.869. The number of hydrogen-bond acceptors (Lipinski definition) is 4. The number of likely N-dealkylation sites (tertiary alicyclic amines) is 1. The summed E-state index contributed by atoms with van der Waals surface area (Å²) in [7, 11) is 1.52. The third-order valence-corrected chi connectivity index (χ3v) is 6.46. The van der Waals surface area contributed by atoms with Gasteiger partial charge in [0, 0.05) is 25.2 Å². The molecule has 1 aromatic carbocycles. The summed E-state index contributed by atoms with van der Waals surface area (Å²) in [5, 5.41) is 0. The largest absolute Gasteiger partial charge is 0.368 e. The van der Waals surface area contributed by atoms with Gasteiger partial charge in [-0.3, -0.25) is 4.84 Å². The maximum Gasteiger partial charge on any atom is 0.234 e. The first-order valence-corrected chi connectivity index (χ1v) is 12.1. The number of piperidine rings is 1. The Bertz CT molecular complexity index is 817. The highest BCUT2D eigenvalue weighted by atomic mass is 16.6. The highest BCUT2D eigenvalue weighted by Crippen LogP contribution is 2.34. The van der Waals surface area contributed by atoms with Crippen LogP contribution in [0.4, 0.5) is 5.95 Å². The van der Waals surface area contributed by atoms with Gasteiger partial charge in [0.25, 0.3) is 0 Å². The fourth-order valence-corrected chi connectivity index (χ4v) is 5.01. The number of aromatic nitrogens is 2. The number of rotatable bonds is 4. The lowest BCUT2D eigenvalue weighted by Gasteiger charge is -2.39. The molecule has 172 valence electrons. The zero-order valence-corrected chi connectivity index (χ0v) is 19.5. The molecule has 31 heavy (non-hydrogen) atoms. The van der Waals surface area contributed by atoms with E-state index in [4.69, 9.17) is 15.6 Å². The van der Waals surface area contributed by atoms with E-state index in [9.17, 15) is 0 Å². The van der Waals surface area contributed by atoms with E-state index < -0.39 is 0 Å². The van der Waals surface area contributed by atoms with Crippen LogP contribution in [0.1, 0.15) is 77.7 Å². The Balaban J connectivity index is 0.00000132. The van der Waals surface area contributed by atoms with Gasteiger partial charge in [-0.1, -0.05) is 58.1 Å². The van der Waals surface area contributed by atoms with Crippen molar-refractivity contribution in [1.82, 2.24) is 19.9 Å². The summed E-state index contributed by atoms with van der Waals surface area (Å²) in [4.78, 5) is 16.8. The third-order valence-electron chi connectivity index (χ3n) is 6.46. The van der Waals surface area contributed by atoms with Crippen LogP contribution in [0.15, 0.2) is 29.3 Å². The van der Waals surface area contributed by atoms with E-state index in [0.717, 1.165) is 43.0 Å². The van der Waals surface area contributed by atoms with E-state index in [1.165, 1.54) is 52.1 Å². The van der Waals surface area contributed by atoms with Crippen molar-refractivity contribution in [3.63, 3.8) is 0 Å². The summed E-state index contributed by atoms with van der Waals surface area (Å²) >= 11 is 0. The van der Waals surface area contributed by atoms with Gasteiger partial charge >= 0.3 is 0 Å². The fourth-order valence-electron chi connectivity index (χ4n) is 5.01. The lowest BCUT2D eigenvalue weighted by atomic mass is 9.93. The molecule has 1 saturated carbocycles. The predicted octanol–water partition coefficient (Wildman–Crippen LogP) is 4.91. The molecule has 3 N–H and O–H groups in total. The van der Waals surface area contributed by atoms with Crippen molar-refractivity contribution in [2.24, 2.45) is 10.7 Å². The van der Waals surface area contributed by atoms with Crippen molar-refractivity contribution >= 4 is 22.9 Å². The van der Waals surface area contributed by atoms with Gasteiger partial charge in [0.2, 0.25) is 11.9 Å². The molecule has 1 saturated heterocycles. The predicted molar refractivity (Wildman–Crippen MR) is 128 cm³/mol. The highest BCUT2D eigenvalue weighted by molar-refractivity contribution is 5.82. The number of para-hydroxylation sites is 2. The molecule has 7 nitrogen and oxygen atoms in total. The average molecular weight is 429 g/mol. The molecule has 2 aromatic rings. The van der Waals surface area contributed by atoms with E-state index in [2.05, 4.69) is 32.1 Å². The van der Waals surface area contributed by atoms with Crippen LogP contribution < -0.4 is 11.2 Å². The smallest absolute Gasteiger partial charge is 0.234 e. The number of guanidine groups is 1. The Hall–Kier alpha value is -2.12. The van der Waals surface area contributed by atoms with Crippen LogP contribution in [-0.4, -0.2) is 46.7 Å². The van der Waals surface area contributed by atoms with E-state index in [1.807, 2.05) is 26.0 Å². The summed E-state index contributed by atoms with van der Waals surface area (Å²) in [5.41, 5.74) is 10.6. The minimum absolute atomic E-state index is 0.219. The first kappa shape index (κ1) is 23.5. The van der Waals surface area contributed by atoms with E-state index in [-0.39, 0.29) is 5.96 Å². The molecule has 1 aliphatic carbocycles. The number of aliphatic imine (C=N–C) groups is 1. The molecule has 2 fully saturated rings. The Labute approximate surface area is 187 Å². The topological polar surface area (TPSA) is 80.7 Å². The van der Waals surface area contributed by atoms with Crippen molar-refractivity contribution in [2.45, 2.75) is 83.7 Å². The summed E-state index contributed by atoms with van der Waals surface area (Å²) < 4.78 is 2.27. The van der Waals surface area contributed by atoms with Crippen molar-refractivity contribution in [3.8, 4) is 0 Å². The third kappa shape index (κ3) is 5.98. The standard InChI is InChI=1S/C22H34N6O.C2H6/c1-29-26-21(23)25-22-24-19-11-7-8-12-20(19)28(22)18-13-15-27(16-14-18)17-9-5-3-2-4-6-10-17;1-2/h7-8,11-12,17-18H,2-6,9-10,13-16H2,1H3,(H3,23,24,25,26);1-2H3. The van der Waals surface area contributed by atoms with Gasteiger partial charge in [0.1, 0.15) is 0 Å². The molecule has 0 atom stereocenters. The lowest BCUT2D eigenvalue weighted by Crippen LogP contribution is -2.42. The first-order chi connectivity index (χ1) is 15.3. The molecule has 4 rings (SSSR count). The van der Waals surface area contributed by atoms with Crippen molar-refractivity contribution < 1.29 is 4.84 Å². The van der Waals surface area contributed by atoms with Crippen LogP contribution in [0.2, 0.25) is 0 Å². The normalized spacial score (nSPS) is 20.0. The Morgan fingerprint density at radius 1 is 1.00 bits per heavy atom. The molecular formula is C24H40N6O. The Kier molecular flexibility index (Phi) is 9.15. The fraction of sp³-hybridized carbons (Fsp3) is 0.667. The number of nitrogens with two attached hydrogens (primary N) is 1. The van der Waals surface area contributed by atoms with Gasteiger partial charge in [-0.05, 0) is 37.8 Å². The van der Waals surface area contributed by atoms with Crippen LogP contribution in [0.5, 0.6) is 0 Å². The summed E-state index contributed by atoms with van der Waals surface area (Å²) in [6, 6.07) is 9.41. The monoisotopic (exact) mass is 428 g/mol.